The number of aryl methyl sites for hydroxylation is 1. The highest BCUT2D eigenvalue weighted by Crippen LogP contribution is 2.30. The molecule has 0 amide bonds. The third-order valence-corrected chi connectivity index (χ3v) is 4.23. The van der Waals surface area contributed by atoms with Crippen LogP contribution in [0.3, 0.4) is 0 Å². The quantitative estimate of drug-likeness (QED) is 0.724. The zero-order valence-corrected chi connectivity index (χ0v) is 15.6. The molecular weight excluding hydrogens is 352 g/mol. The van der Waals surface area contributed by atoms with Crippen molar-refractivity contribution in [3.8, 4) is 11.5 Å². The summed E-state index contributed by atoms with van der Waals surface area (Å²) in [5.74, 6) is 1.60. The van der Waals surface area contributed by atoms with E-state index in [4.69, 9.17) is 21.1 Å². The topological polar surface area (TPSA) is 64.2 Å². The number of nitrogens with zero attached hydrogens (tertiary/aromatic N) is 1. The second kappa shape index (κ2) is 7.62. The van der Waals surface area contributed by atoms with Crippen LogP contribution >= 0.6 is 11.6 Å². The molecular formula is C20H19ClN2O3. The second-order valence-electron chi connectivity index (χ2n) is 5.72. The Balaban J connectivity index is 2.04. The van der Waals surface area contributed by atoms with Gasteiger partial charge in [-0.1, -0.05) is 29.8 Å². The van der Waals surface area contributed by atoms with E-state index in [-0.39, 0.29) is 5.56 Å². The van der Waals surface area contributed by atoms with Crippen LogP contribution in [0.25, 0.3) is 22.0 Å². The summed E-state index contributed by atoms with van der Waals surface area (Å²) in [4.78, 5) is 19.6. The van der Waals surface area contributed by atoms with Gasteiger partial charge in [0.1, 0.15) is 0 Å². The summed E-state index contributed by atoms with van der Waals surface area (Å²) in [5.41, 5.74) is 2.15. The highest BCUT2D eigenvalue weighted by molar-refractivity contribution is 6.50. The number of para-hydroxylation sites is 1. The van der Waals surface area contributed by atoms with Crippen LogP contribution in [0.15, 0.2) is 41.2 Å². The zero-order valence-electron chi connectivity index (χ0n) is 14.8. The Morgan fingerprint density at radius 2 is 2.08 bits per heavy atom. The fraction of sp³-hybridized carbons (Fsp3) is 0.200. The van der Waals surface area contributed by atoms with Gasteiger partial charge in [0.15, 0.2) is 17.3 Å². The van der Waals surface area contributed by atoms with Crippen LogP contribution in [0.2, 0.25) is 0 Å². The van der Waals surface area contributed by atoms with Gasteiger partial charge in [-0.05, 0) is 49.2 Å². The van der Waals surface area contributed by atoms with Gasteiger partial charge < -0.3 is 14.5 Å². The first kappa shape index (κ1) is 18.0. The third kappa shape index (κ3) is 3.58. The summed E-state index contributed by atoms with van der Waals surface area (Å²) in [6.07, 6.45) is 1.72. The number of methoxy groups -OCH3 is 1. The zero-order chi connectivity index (χ0) is 18.7. The van der Waals surface area contributed by atoms with Crippen molar-refractivity contribution in [2.24, 2.45) is 0 Å². The molecule has 134 valence electrons. The fourth-order valence-electron chi connectivity index (χ4n) is 2.68. The Hall–Kier alpha value is -2.79. The third-order valence-electron chi connectivity index (χ3n) is 3.95. The van der Waals surface area contributed by atoms with E-state index in [9.17, 15) is 4.79 Å². The molecule has 0 saturated heterocycles. The predicted molar refractivity (Wildman–Crippen MR) is 105 cm³/mol. The number of hydrogen-bond acceptors (Lipinski definition) is 4. The Morgan fingerprint density at radius 1 is 1.27 bits per heavy atom. The van der Waals surface area contributed by atoms with Crippen molar-refractivity contribution < 1.29 is 9.47 Å². The molecule has 0 spiro atoms. The summed E-state index contributed by atoms with van der Waals surface area (Å²) in [6.45, 7) is 4.37. The van der Waals surface area contributed by atoms with Crippen molar-refractivity contribution in [2.75, 3.05) is 13.7 Å². The van der Waals surface area contributed by atoms with E-state index < -0.39 is 0 Å². The fourth-order valence-corrected chi connectivity index (χ4v) is 2.90. The van der Waals surface area contributed by atoms with Crippen molar-refractivity contribution in [1.29, 1.82) is 0 Å². The summed E-state index contributed by atoms with van der Waals surface area (Å²) < 4.78 is 10.9. The van der Waals surface area contributed by atoms with Crippen LogP contribution in [0.4, 0.5) is 0 Å². The number of halogens is 1. The number of H-pyrrole nitrogens is 1. The molecule has 0 fully saturated rings. The number of aromatic amines is 1. The molecule has 1 heterocycles. The lowest BCUT2D eigenvalue weighted by Crippen LogP contribution is -2.11. The van der Waals surface area contributed by atoms with Gasteiger partial charge in [0, 0.05) is 0 Å². The first-order chi connectivity index (χ1) is 12.5. The minimum Gasteiger partial charge on any atom is -0.493 e. The summed E-state index contributed by atoms with van der Waals surface area (Å²) in [7, 11) is 1.58. The summed E-state index contributed by atoms with van der Waals surface area (Å²) in [5, 5.41) is 0.874. The Morgan fingerprint density at radius 3 is 2.81 bits per heavy atom. The highest BCUT2D eigenvalue weighted by atomic mass is 35.5. The molecule has 5 nitrogen and oxygen atoms in total. The van der Waals surface area contributed by atoms with Gasteiger partial charge in [-0.2, -0.15) is 0 Å². The van der Waals surface area contributed by atoms with Gasteiger partial charge >= 0.3 is 0 Å². The number of nitrogens with one attached hydrogen (secondary N) is 1. The van der Waals surface area contributed by atoms with Crippen LogP contribution in [0.5, 0.6) is 11.5 Å². The van der Waals surface area contributed by atoms with E-state index >= 15 is 0 Å². The van der Waals surface area contributed by atoms with Crippen molar-refractivity contribution in [3.63, 3.8) is 0 Å². The molecule has 0 bridgehead atoms. The maximum Gasteiger partial charge on any atom is 0.259 e. The molecule has 1 N–H and O–H groups in total. The van der Waals surface area contributed by atoms with E-state index in [1.807, 2.05) is 44.2 Å². The van der Waals surface area contributed by atoms with Crippen LogP contribution < -0.4 is 15.0 Å². The van der Waals surface area contributed by atoms with E-state index in [2.05, 4.69) is 9.97 Å². The molecule has 2 aromatic carbocycles. The number of fused-ring (bicyclic) bond motifs is 1. The Bertz CT molecular complexity index is 1040. The molecule has 26 heavy (non-hydrogen) atoms. The van der Waals surface area contributed by atoms with Gasteiger partial charge in [-0.15, -0.1) is 0 Å². The van der Waals surface area contributed by atoms with Gasteiger partial charge in [0.05, 0.1) is 29.7 Å². The first-order valence-electron chi connectivity index (χ1n) is 8.21. The minimum atomic E-state index is -0.218. The van der Waals surface area contributed by atoms with E-state index in [0.717, 1.165) is 11.1 Å². The maximum absolute atomic E-state index is 12.3. The average Bonchev–Trinajstić information content (AvgIpc) is 2.63. The monoisotopic (exact) mass is 370 g/mol. The van der Waals surface area contributed by atoms with Crippen LogP contribution in [-0.2, 0) is 0 Å². The summed E-state index contributed by atoms with van der Waals surface area (Å²) >= 11 is 6.42. The van der Waals surface area contributed by atoms with Gasteiger partial charge in [0.2, 0.25) is 0 Å². The molecule has 0 aliphatic rings. The standard InChI is InChI=1S/C20H19ClN2O3/c1-4-26-16-9-8-13(11-17(16)25-3)10-15(21)19-22-18-12(2)6-5-7-14(18)20(24)23-19/h5-11H,4H2,1-3H3,(H,22,23,24)/b15-10-. The van der Waals surface area contributed by atoms with Crippen molar-refractivity contribution in [1.82, 2.24) is 9.97 Å². The smallest absolute Gasteiger partial charge is 0.259 e. The molecule has 0 unspecified atom stereocenters. The number of hydrogen-bond donors (Lipinski definition) is 1. The number of ether oxygens (including phenoxy) is 2. The van der Waals surface area contributed by atoms with Crippen molar-refractivity contribution in [3.05, 3.63) is 63.7 Å². The maximum atomic E-state index is 12.3. The molecule has 1 aromatic heterocycles. The SMILES string of the molecule is CCOc1ccc(/C=C(\Cl)c2nc3c(C)cccc3c(=O)[nH]2)cc1OC. The molecule has 0 atom stereocenters. The molecule has 3 rings (SSSR count). The van der Waals surface area contributed by atoms with Crippen LogP contribution in [0, 0.1) is 6.92 Å². The van der Waals surface area contributed by atoms with Crippen molar-refractivity contribution >= 4 is 33.6 Å². The predicted octanol–water partition coefficient (Wildman–Crippen LogP) is 4.38. The van der Waals surface area contributed by atoms with Crippen LogP contribution in [-0.4, -0.2) is 23.7 Å². The second-order valence-corrected chi connectivity index (χ2v) is 6.13. The number of rotatable bonds is 5. The molecule has 6 heteroatoms. The molecule has 3 aromatic rings. The normalized spacial score (nSPS) is 11.6. The largest absolute Gasteiger partial charge is 0.493 e. The van der Waals surface area contributed by atoms with Gasteiger partial charge in [-0.3, -0.25) is 4.79 Å². The van der Waals surface area contributed by atoms with Gasteiger partial charge in [0.25, 0.3) is 5.56 Å². The van der Waals surface area contributed by atoms with Crippen LogP contribution in [0.1, 0.15) is 23.9 Å². The lowest BCUT2D eigenvalue weighted by Gasteiger charge is -2.10. The molecule has 0 aliphatic heterocycles. The molecule has 0 radical (unpaired) electrons. The van der Waals surface area contributed by atoms with E-state index in [0.29, 0.717) is 39.9 Å². The Kier molecular flexibility index (Phi) is 5.28. The lowest BCUT2D eigenvalue weighted by atomic mass is 10.1. The Labute approximate surface area is 156 Å². The molecule has 0 saturated carbocycles. The van der Waals surface area contributed by atoms with E-state index in [1.54, 1.807) is 19.3 Å². The number of aromatic nitrogens is 2. The molecule has 0 aliphatic carbocycles. The minimum absolute atomic E-state index is 0.218. The number of benzene rings is 2. The van der Waals surface area contributed by atoms with Crippen molar-refractivity contribution in [2.45, 2.75) is 13.8 Å². The van der Waals surface area contributed by atoms with E-state index in [1.165, 1.54) is 0 Å². The lowest BCUT2D eigenvalue weighted by molar-refractivity contribution is 0.311. The highest BCUT2D eigenvalue weighted by Gasteiger charge is 2.10. The van der Waals surface area contributed by atoms with Gasteiger partial charge in [-0.25, -0.2) is 4.98 Å². The average molecular weight is 371 g/mol. The first-order valence-corrected chi connectivity index (χ1v) is 8.59. The summed E-state index contributed by atoms with van der Waals surface area (Å²) in [6, 6.07) is 11.0.